The van der Waals surface area contributed by atoms with Crippen LogP contribution in [0.2, 0.25) is 0 Å². The van der Waals surface area contributed by atoms with Crippen LogP contribution in [0.5, 0.6) is 0 Å². The van der Waals surface area contributed by atoms with E-state index < -0.39 is 15.9 Å². The Morgan fingerprint density at radius 3 is 2.44 bits per heavy atom. The first-order chi connectivity index (χ1) is 8.39. The maximum atomic E-state index is 11.4. The SMILES string of the molecule is NC(=O)CNS(=O)(=O)CCSc1ccc(N)cc1. The van der Waals surface area contributed by atoms with Gasteiger partial charge in [-0.1, -0.05) is 0 Å². The summed E-state index contributed by atoms with van der Waals surface area (Å²) in [6.07, 6.45) is 0. The molecule has 1 amide bonds. The van der Waals surface area contributed by atoms with Gasteiger partial charge in [0.15, 0.2) is 0 Å². The molecule has 0 spiro atoms. The van der Waals surface area contributed by atoms with Gasteiger partial charge in [-0.2, -0.15) is 0 Å². The lowest BCUT2D eigenvalue weighted by Gasteiger charge is -2.05. The summed E-state index contributed by atoms with van der Waals surface area (Å²) in [7, 11) is -3.45. The molecule has 0 atom stereocenters. The topological polar surface area (TPSA) is 115 Å². The van der Waals surface area contributed by atoms with Crippen LogP contribution in [-0.2, 0) is 14.8 Å². The van der Waals surface area contributed by atoms with Crippen molar-refractivity contribution < 1.29 is 13.2 Å². The molecule has 1 aromatic carbocycles. The Morgan fingerprint density at radius 2 is 1.89 bits per heavy atom. The number of amides is 1. The molecule has 0 bridgehead atoms. The number of anilines is 1. The summed E-state index contributed by atoms with van der Waals surface area (Å²) in [4.78, 5) is 11.4. The smallest absolute Gasteiger partial charge is 0.232 e. The van der Waals surface area contributed by atoms with Crippen LogP contribution in [0.3, 0.4) is 0 Å². The van der Waals surface area contributed by atoms with E-state index in [1.165, 1.54) is 11.8 Å². The van der Waals surface area contributed by atoms with Gasteiger partial charge in [-0.15, -0.1) is 11.8 Å². The molecule has 1 rings (SSSR count). The lowest BCUT2D eigenvalue weighted by molar-refractivity contribution is -0.116. The van der Waals surface area contributed by atoms with Crippen molar-refractivity contribution in [3.8, 4) is 0 Å². The highest BCUT2D eigenvalue weighted by Crippen LogP contribution is 2.19. The van der Waals surface area contributed by atoms with Crippen LogP contribution in [0.25, 0.3) is 0 Å². The minimum Gasteiger partial charge on any atom is -0.399 e. The Hall–Kier alpha value is -1.25. The zero-order valence-electron chi connectivity index (χ0n) is 9.63. The zero-order chi connectivity index (χ0) is 13.6. The lowest BCUT2D eigenvalue weighted by Crippen LogP contribution is -2.35. The fourth-order valence-electron chi connectivity index (χ4n) is 1.09. The summed E-state index contributed by atoms with van der Waals surface area (Å²) in [5.74, 6) is -0.391. The molecule has 0 heterocycles. The Balaban J connectivity index is 2.37. The number of hydrogen-bond acceptors (Lipinski definition) is 5. The van der Waals surface area contributed by atoms with Gasteiger partial charge in [-0.3, -0.25) is 4.79 Å². The molecule has 1 aromatic rings. The standard InChI is InChI=1S/C10H15N3O3S2/c11-8-1-3-9(4-2-8)17-5-6-18(15,16)13-7-10(12)14/h1-4,13H,5-7,11H2,(H2,12,14). The van der Waals surface area contributed by atoms with Crippen LogP contribution in [0.15, 0.2) is 29.2 Å². The second-order valence-electron chi connectivity index (χ2n) is 3.52. The minimum absolute atomic E-state index is 0.0741. The monoisotopic (exact) mass is 289 g/mol. The number of benzene rings is 1. The van der Waals surface area contributed by atoms with E-state index in [-0.39, 0.29) is 12.3 Å². The van der Waals surface area contributed by atoms with Crippen molar-refractivity contribution >= 4 is 33.4 Å². The number of nitrogen functional groups attached to an aromatic ring is 1. The average Bonchev–Trinajstić information content (AvgIpc) is 2.29. The summed E-state index contributed by atoms with van der Waals surface area (Å²) in [5.41, 5.74) is 11.0. The first kappa shape index (κ1) is 14.8. The number of carbonyl (C=O) groups is 1. The largest absolute Gasteiger partial charge is 0.399 e. The quantitative estimate of drug-likeness (QED) is 0.473. The number of primary amides is 1. The van der Waals surface area contributed by atoms with Gasteiger partial charge in [0, 0.05) is 16.3 Å². The summed E-state index contributed by atoms with van der Waals surface area (Å²) in [5, 5.41) is 0. The first-order valence-electron chi connectivity index (χ1n) is 5.13. The molecule has 0 unspecified atom stereocenters. The predicted molar refractivity (Wildman–Crippen MR) is 72.6 cm³/mol. The molecule has 8 heteroatoms. The number of nitrogens with two attached hydrogens (primary N) is 2. The maximum Gasteiger partial charge on any atom is 0.232 e. The molecular weight excluding hydrogens is 274 g/mol. The van der Waals surface area contributed by atoms with E-state index in [4.69, 9.17) is 11.5 Å². The third kappa shape index (κ3) is 5.89. The molecule has 0 aliphatic heterocycles. The highest BCUT2D eigenvalue weighted by molar-refractivity contribution is 8.00. The minimum atomic E-state index is -3.45. The average molecular weight is 289 g/mol. The molecular formula is C10H15N3O3S2. The molecule has 0 fully saturated rings. The molecule has 18 heavy (non-hydrogen) atoms. The predicted octanol–water partition coefficient (Wildman–Crippen LogP) is -0.234. The number of thioether (sulfide) groups is 1. The van der Waals surface area contributed by atoms with Crippen LogP contribution in [0.4, 0.5) is 5.69 Å². The Bertz CT molecular complexity index is 500. The van der Waals surface area contributed by atoms with Crippen LogP contribution >= 0.6 is 11.8 Å². The van der Waals surface area contributed by atoms with Crippen LogP contribution in [0, 0.1) is 0 Å². The van der Waals surface area contributed by atoms with Gasteiger partial charge >= 0.3 is 0 Å². The molecule has 100 valence electrons. The molecule has 5 N–H and O–H groups in total. The fraction of sp³-hybridized carbons (Fsp3) is 0.300. The van der Waals surface area contributed by atoms with E-state index in [0.29, 0.717) is 11.4 Å². The summed E-state index contributed by atoms with van der Waals surface area (Å²) in [6, 6.07) is 7.15. The molecule has 0 radical (unpaired) electrons. The summed E-state index contributed by atoms with van der Waals surface area (Å²) in [6.45, 7) is -0.366. The third-order valence-electron chi connectivity index (χ3n) is 1.97. The van der Waals surface area contributed by atoms with E-state index >= 15 is 0 Å². The first-order valence-corrected chi connectivity index (χ1v) is 7.77. The molecule has 0 saturated carbocycles. The number of sulfonamides is 1. The van der Waals surface area contributed by atoms with Crippen molar-refractivity contribution in [2.75, 3.05) is 23.8 Å². The second kappa shape index (κ2) is 6.62. The van der Waals surface area contributed by atoms with Gasteiger partial charge < -0.3 is 11.5 Å². The molecule has 0 aliphatic rings. The van der Waals surface area contributed by atoms with Gasteiger partial charge in [0.25, 0.3) is 0 Å². The third-order valence-corrected chi connectivity index (χ3v) is 4.57. The fourth-order valence-corrected chi connectivity index (χ4v) is 3.37. The van der Waals surface area contributed by atoms with Crippen molar-refractivity contribution in [1.29, 1.82) is 0 Å². The van der Waals surface area contributed by atoms with Gasteiger partial charge in [-0.05, 0) is 24.3 Å². The molecule has 0 saturated heterocycles. The second-order valence-corrected chi connectivity index (χ2v) is 6.62. The normalized spacial score (nSPS) is 11.3. The van der Waals surface area contributed by atoms with Crippen LogP contribution in [0.1, 0.15) is 0 Å². The Labute approximate surface area is 110 Å². The number of hydrogen-bond donors (Lipinski definition) is 3. The van der Waals surface area contributed by atoms with Crippen molar-refractivity contribution in [3.63, 3.8) is 0 Å². The van der Waals surface area contributed by atoms with Crippen molar-refractivity contribution in [2.24, 2.45) is 5.73 Å². The van der Waals surface area contributed by atoms with Crippen molar-refractivity contribution in [3.05, 3.63) is 24.3 Å². The van der Waals surface area contributed by atoms with E-state index in [2.05, 4.69) is 4.72 Å². The number of carbonyl (C=O) groups excluding carboxylic acids is 1. The number of rotatable bonds is 7. The number of nitrogens with one attached hydrogen (secondary N) is 1. The van der Waals surface area contributed by atoms with Crippen LogP contribution < -0.4 is 16.2 Å². The molecule has 6 nitrogen and oxygen atoms in total. The Kier molecular flexibility index (Phi) is 5.45. The van der Waals surface area contributed by atoms with Gasteiger partial charge in [0.05, 0.1) is 12.3 Å². The van der Waals surface area contributed by atoms with E-state index in [9.17, 15) is 13.2 Å². The van der Waals surface area contributed by atoms with Crippen molar-refractivity contribution in [2.45, 2.75) is 4.90 Å². The zero-order valence-corrected chi connectivity index (χ0v) is 11.3. The van der Waals surface area contributed by atoms with E-state index in [1.54, 1.807) is 12.1 Å². The van der Waals surface area contributed by atoms with E-state index in [0.717, 1.165) is 4.90 Å². The maximum absolute atomic E-state index is 11.4. The van der Waals surface area contributed by atoms with Crippen LogP contribution in [-0.4, -0.2) is 32.4 Å². The highest BCUT2D eigenvalue weighted by Gasteiger charge is 2.10. The highest BCUT2D eigenvalue weighted by atomic mass is 32.2. The van der Waals surface area contributed by atoms with Gasteiger partial charge in [0.2, 0.25) is 15.9 Å². The van der Waals surface area contributed by atoms with Crippen molar-refractivity contribution in [1.82, 2.24) is 4.72 Å². The molecule has 0 aliphatic carbocycles. The molecule has 0 aromatic heterocycles. The van der Waals surface area contributed by atoms with Gasteiger partial charge in [-0.25, -0.2) is 13.1 Å². The Morgan fingerprint density at radius 1 is 1.28 bits per heavy atom. The van der Waals surface area contributed by atoms with E-state index in [1.807, 2.05) is 12.1 Å². The van der Waals surface area contributed by atoms with Gasteiger partial charge in [0.1, 0.15) is 0 Å². The summed E-state index contributed by atoms with van der Waals surface area (Å²) >= 11 is 1.40. The summed E-state index contributed by atoms with van der Waals surface area (Å²) < 4.78 is 25.0. The lowest BCUT2D eigenvalue weighted by atomic mass is 10.3.